The molecule has 0 bridgehead atoms. The summed E-state index contributed by atoms with van der Waals surface area (Å²) in [6, 6.07) is 5.52. The molecule has 1 aromatic carbocycles. The van der Waals surface area contributed by atoms with Crippen molar-refractivity contribution in [3.8, 4) is 0 Å². The van der Waals surface area contributed by atoms with Gasteiger partial charge in [0.05, 0.1) is 16.1 Å². The highest BCUT2D eigenvalue weighted by Crippen LogP contribution is 2.30. The summed E-state index contributed by atoms with van der Waals surface area (Å²) in [6.07, 6.45) is 8.67. The fourth-order valence-corrected chi connectivity index (χ4v) is 4.40. The molecular weight excluding hydrogens is 371 g/mol. The first kappa shape index (κ1) is 19.7. The lowest BCUT2D eigenvalue weighted by Gasteiger charge is -2.39. The van der Waals surface area contributed by atoms with Gasteiger partial charge in [0.25, 0.3) is 5.91 Å². The topological polar surface area (TPSA) is 32.8 Å². The van der Waals surface area contributed by atoms with Crippen molar-refractivity contribution in [3.05, 3.63) is 46.0 Å². The Morgan fingerprint density at radius 3 is 2.58 bits per heavy atom. The molecule has 3 rings (SSSR count). The molecule has 0 radical (unpaired) electrons. The van der Waals surface area contributed by atoms with Crippen LogP contribution in [-0.4, -0.2) is 61.1 Å². The van der Waals surface area contributed by atoms with Gasteiger partial charge in [0, 0.05) is 44.9 Å². The Kier molecular flexibility index (Phi) is 6.62. The molecule has 1 amide bonds. The molecule has 2 aliphatic rings. The smallest absolute Gasteiger partial charge is 0.253 e. The second-order valence-corrected chi connectivity index (χ2v) is 7.94. The summed E-state index contributed by atoms with van der Waals surface area (Å²) in [6.45, 7) is 1.87. The molecule has 3 atom stereocenters. The Bertz CT molecular complexity index is 672. The zero-order chi connectivity index (χ0) is 18.7. The molecule has 1 heterocycles. The molecule has 1 fully saturated rings. The summed E-state index contributed by atoms with van der Waals surface area (Å²) in [5.74, 6) is -0.0124. The Morgan fingerprint density at radius 1 is 1.19 bits per heavy atom. The molecule has 3 unspecified atom stereocenters. The van der Waals surface area contributed by atoms with Gasteiger partial charge in [0.15, 0.2) is 0 Å². The van der Waals surface area contributed by atoms with Gasteiger partial charge in [-0.1, -0.05) is 35.4 Å². The van der Waals surface area contributed by atoms with Crippen LogP contribution in [0.5, 0.6) is 0 Å². The maximum Gasteiger partial charge on any atom is 0.253 e. The van der Waals surface area contributed by atoms with Crippen molar-refractivity contribution >= 4 is 29.1 Å². The number of hydrogen-bond acceptors (Lipinski definition) is 3. The van der Waals surface area contributed by atoms with E-state index in [1.165, 1.54) is 0 Å². The predicted molar refractivity (Wildman–Crippen MR) is 106 cm³/mol. The van der Waals surface area contributed by atoms with Gasteiger partial charge in [0.1, 0.15) is 0 Å². The number of rotatable bonds is 4. The molecule has 1 saturated carbocycles. The van der Waals surface area contributed by atoms with E-state index in [9.17, 15) is 4.79 Å². The van der Waals surface area contributed by atoms with E-state index in [4.69, 9.17) is 27.9 Å². The lowest BCUT2D eigenvalue weighted by molar-refractivity contribution is 0.0412. The van der Waals surface area contributed by atoms with Crippen molar-refractivity contribution in [1.82, 2.24) is 9.80 Å². The van der Waals surface area contributed by atoms with Crippen LogP contribution in [0.4, 0.5) is 0 Å². The largest absolute Gasteiger partial charge is 0.381 e. The van der Waals surface area contributed by atoms with E-state index in [2.05, 4.69) is 17.1 Å². The quantitative estimate of drug-likeness (QED) is 0.562. The zero-order valence-corrected chi connectivity index (χ0v) is 16.8. The molecule has 0 spiro atoms. The number of hydrogen-bond donors (Lipinski definition) is 0. The third-order valence-electron chi connectivity index (χ3n) is 5.61. The fraction of sp³-hybridized carbons (Fsp3) is 0.550. The van der Waals surface area contributed by atoms with Crippen LogP contribution < -0.4 is 0 Å². The van der Waals surface area contributed by atoms with Crippen LogP contribution in [0, 0.1) is 0 Å². The Labute approximate surface area is 165 Å². The van der Waals surface area contributed by atoms with E-state index in [0.717, 1.165) is 38.8 Å². The molecule has 6 heteroatoms. The van der Waals surface area contributed by atoms with Crippen LogP contribution in [0.2, 0.25) is 10.0 Å². The first-order valence-corrected chi connectivity index (χ1v) is 9.91. The van der Waals surface area contributed by atoms with Crippen LogP contribution in [0.1, 0.15) is 36.0 Å². The fourth-order valence-electron chi connectivity index (χ4n) is 4.10. The molecule has 26 heavy (non-hydrogen) atoms. The van der Waals surface area contributed by atoms with Crippen molar-refractivity contribution in [2.24, 2.45) is 0 Å². The second-order valence-electron chi connectivity index (χ2n) is 7.13. The molecule has 1 aliphatic carbocycles. The highest BCUT2D eigenvalue weighted by molar-refractivity contribution is 6.42. The van der Waals surface area contributed by atoms with Gasteiger partial charge in [-0.25, -0.2) is 0 Å². The molecular formula is C20H26Cl2N2O2. The third kappa shape index (κ3) is 4.25. The van der Waals surface area contributed by atoms with Crippen molar-refractivity contribution in [1.29, 1.82) is 0 Å². The lowest BCUT2D eigenvalue weighted by Crippen LogP contribution is -2.52. The standard InChI is InChI=1S/C20H26Cl2N2O2/c1-23(20(25)14-8-9-16(21)17(22)12-14)18-7-5-6-15(26-2)13-19(18)24-10-3-4-11-24/h3-4,8-9,12,15,18-19H,5-7,10-11,13H2,1-2H3. The van der Waals surface area contributed by atoms with Gasteiger partial charge in [-0.15, -0.1) is 0 Å². The summed E-state index contributed by atoms with van der Waals surface area (Å²) in [7, 11) is 3.69. The monoisotopic (exact) mass is 396 g/mol. The van der Waals surface area contributed by atoms with Crippen molar-refractivity contribution in [2.45, 2.75) is 43.9 Å². The second kappa shape index (κ2) is 8.75. The highest BCUT2D eigenvalue weighted by Gasteiger charge is 2.36. The molecule has 0 aromatic heterocycles. The van der Waals surface area contributed by atoms with Gasteiger partial charge in [0.2, 0.25) is 0 Å². The molecule has 1 aliphatic heterocycles. The third-order valence-corrected chi connectivity index (χ3v) is 6.35. The summed E-state index contributed by atoms with van der Waals surface area (Å²) < 4.78 is 5.68. The van der Waals surface area contributed by atoms with Crippen LogP contribution in [0.3, 0.4) is 0 Å². The Balaban J connectivity index is 1.82. The van der Waals surface area contributed by atoms with Gasteiger partial charge in [-0.3, -0.25) is 9.69 Å². The van der Waals surface area contributed by atoms with Crippen molar-refractivity contribution < 1.29 is 9.53 Å². The molecule has 0 saturated heterocycles. The average Bonchev–Trinajstić information content (AvgIpc) is 3.09. The Hall–Kier alpha value is -1.07. The molecule has 4 nitrogen and oxygen atoms in total. The number of amides is 1. The molecule has 142 valence electrons. The minimum atomic E-state index is -0.0124. The van der Waals surface area contributed by atoms with Gasteiger partial charge < -0.3 is 9.64 Å². The average molecular weight is 397 g/mol. The predicted octanol–water partition coefficient (Wildman–Crippen LogP) is 4.26. The van der Waals surface area contributed by atoms with E-state index < -0.39 is 0 Å². The van der Waals surface area contributed by atoms with Gasteiger partial charge in [-0.2, -0.15) is 0 Å². The van der Waals surface area contributed by atoms with E-state index >= 15 is 0 Å². The Morgan fingerprint density at radius 2 is 1.92 bits per heavy atom. The minimum absolute atomic E-state index is 0.0124. The van der Waals surface area contributed by atoms with Crippen LogP contribution >= 0.6 is 23.2 Å². The number of benzene rings is 1. The minimum Gasteiger partial charge on any atom is -0.381 e. The van der Waals surface area contributed by atoms with Crippen molar-refractivity contribution in [2.75, 3.05) is 27.2 Å². The normalized spacial score (nSPS) is 26.7. The van der Waals surface area contributed by atoms with Gasteiger partial charge in [-0.05, 0) is 43.9 Å². The van der Waals surface area contributed by atoms with E-state index in [-0.39, 0.29) is 24.1 Å². The zero-order valence-electron chi connectivity index (χ0n) is 15.3. The molecule has 0 N–H and O–H groups in total. The first-order chi connectivity index (χ1) is 12.5. The number of ether oxygens (including phenoxy) is 1. The van der Waals surface area contributed by atoms with Crippen LogP contribution in [0.15, 0.2) is 30.4 Å². The number of carbonyl (C=O) groups excluding carboxylic acids is 1. The maximum absolute atomic E-state index is 13.1. The number of methoxy groups -OCH3 is 1. The maximum atomic E-state index is 13.1. The van der Waals surface area contributed by atoms with Crippen LogP contribution in [0.25, 0.3) is 0 Å². The summed E-state index contributed by atoms with van der Waals surface area (Å²) >= 11 is 12.1. The number of nitrogens with zero attached hydrogens (tertiary/aromatic N) is 2. The summed E-state index contributed by atoms with van der Waals surface area (Å²) in [5.41, 5.74) is 0.577. The van der Waals surface area contributed by atoms with Gasteiger partial charge >= 0.3 is 0 Å². The first-order valence-electron chi connectivity index (χ1n) is 9.15. The summed E-state index contributed by atoms with van der Waals surface area (Å²) in [4.78, 5) is 17.4. The number of halogens is 2. The number of likely N-dealkylation sites (N-methyl/N-ethyl adjacent to an activating group) is 1. The van der Waals surface area contributed by atoms with E-state index in [0.29, 0.717) is 15.6 Å². The molecule has 1 aromatic rings. The van der Waals surface area contributed by atoms with E-state index in [1.54, 1.807) is 25.3 Å². The van der Waals surface area contributed by atoms with Crippen molar-refractivity contribution in [3.63, 3.8) is 0 Å². The number of carbonyl (C=O) groups is 1. The SMILES string of the molecule is COC1CCCC(N(C)C(=O)c2ccc(Cl)c(Cl)c2)C(N2CC=CC2)C1. The highest BCUT2D eigenvalue weighted by atomic mass is 35.5. The summed E-state index contributed by atoms with van der Waals surface area (Å²) in [5, 5.41) is 0.871. The van der Waals surface area contributed by atoms with Crippen LogP contribution in [-0.2, 0) is 4.74 Å². The lowest BCUT2D eigenvalue weighted by atomic mass is 9.98. The van der Waals surface area contributed by atoms with E-state index in [1.807, 2.05) is 11.9 Å².